The lowest BCUT2D eigenvalue weighted by Gasteiger charge is -2.10. The van der Waals surface area contributed by atoms with Crippen molar-refractivity contribution in [2.75, 3.05) is 6.61 Å². The SMILES string of the molecule is Cc1cc(C(=O)COC(=O)c2cnccn2)c(C)n1-c1ccc(Br)cc1. The Labute approximate surface area is 159 Å². The van der Waals surface area contributed by atoms with Crippen molar-refractivity contribution in [3.63, 3.8) is 0 Å². The van der Waals surface area contributed by atoms with Crippen LogP contribution in [-0.4, -0.2) is 32.9 Å². The number of Topliss-reactive ketones (excluding diaryl/α,β-unsaturated/α-hetero) is 1. The topological polar surface area (TPSA) is 74.1 Å². The fourth-order valence-corrected chi connectivity index (χ4v) is 2.98. The van der Waals surface area contributed by atoms with E-state index in [1.807, 2.05) is 42.7 Å². The zero-order valence-corrected chi connectivity index (χ0v) is 15.9. The standard InChI is InChI=1S/C19H16BrN3O3/c1-12-9-16(13(2)23(12)15-5-3-14(20)4-6-15)18(24)11-26-19(25)17-10-21-7-8-22-17/h3-10H,11H2,1-2H3. The fraction of sp³-hybridized carbons (Fsp3) is 0.158. The van der Waals surface area contributed by atoms with E-state index in [4.69, 9.17) is 4.74 Å². The van der Waals surface area contributed by atoms with Gasteiger partial charge in [-0.05, 0) is 44.2 Å². The summed E-state index contributed by atoms with van der Waals surface area (Å²) in [4.78, 5) is 32.1. The Balaban J connectivity index is 1.77. The first-order valence-electron chi connectivity index (χ1n) is 7.88. The molecular weight excluding hydrogens is 398 g/mol. The van der Waals surface area contributed by atoms with Crippen LogP contribution in [0.5, 0.6) is 0 Å². The largest absolute Gasteiger partial charge is 0.453 e. The highest BCUT2D eigenvalue weighted by molar-refractivity contribution is 9.10. The molecule has 0 radical (unpaired) electrons. The number of ether oxygens (including phenoxy) is 1. The number of benzene rings is 1. The molecule has 0 aliphatic carbocycles. The maximum atomic E-state index is 12.5. The van der Waals surface area contributed by atoms with Crippen LogP contribution in [-0.2, 0) is 4.74 Å². The van der Waals surface area contributed by atoms with Crippen molar-refractivity contribution in [3.05, 3.63) is 76.0 Å². The van der Waals surface area contributed by atoms with Crippen LogP contribution in [0.4, 0.5) is 0 Å². The van der Waals surface area contributed by atoms with Crippen molar-refractivity contribution >= 4 is 27.7 Å². The maximum Gasteiger partial charge on any atom is 0.358 e. The van der Waals surface area contributed by atoms with Gasteiger partial charge in [-0.25, -0.2) is 9.78 Å². The molecule has 0 aliphatic rings. The molecule has 132 valence electrons. The molecule has 0 fully saturated rings. The summed E-state index contributed by atoms with van der Waals surface area (Å²) in [6.07, 6.45) is 4.15. The molecule has 0 bridgehead atoms. The van der Waals surface area contributed by atoms with Crippen molar-refractivity contribution in [2.45, 2.75) is 13.8 Å². The van der Waals surface area contributed by atoms with Gasteiger partial charge in [-0.3, -0.25) is 9.78 Å². The molecule has 0 unspecified atom stereocenters. The minimum Gasteiger partial charge on any atom is -0.453 e. The van der Waals surface area contributed by atoms with Gasteiger partial charge in [0.2, 0.25) is 5.78 Å². The first-order chi connectivity index (χ1) is 12.5. The molecule has 0 saturated heterocycles. The number of hydrogen-bond donors (Lipinski definition) is 0. The maximum absolute atomic E-state index is 12.5. The van der Waals surface area contributed by atoms with Gasteiger partial charge in [0.1, 0.15) is 0 Å². The molecule has 0 saturated carbocycles. The Morgan fingerprint density at radius 2 is 1.88 bits per heavy atom. The summed E-state index contributed by atoms with van der Waals surface area (Å²) in [6.45, 7) is 3.45. The molecule has 0 N–H and O–H groups in total. The number of halogens is 1. The number of ketones is 1. The lowest BCUT2D eigenvalue weighted by Crippen LogP contribution is -2.16. The van der Waals surface area contributed by atoms with Crippen molar-refractivity contribution in [3.8, 4) is 5.69 Å². The third kappa shape index (κ3) is 3.72. The fourth-order valence-electron chi connectivity index (χ4n) is 2.72. The zero-order valence-electron chi connectivity index (χ0n) is 14.3. The Morgan fingerprint density at radius 3 is 2.54 bits per heavy atom. The molecule has 3 aromatic rings. The minimum atomic E-state index is -0.673. The third-order valence-corrected chi connectivity index (χ3v) is 4.45. The highest BCUT2D eigenvalue weighted by Gasteiger charge is 2.19. The predicted octanol–water partition coefficient (Wildman–Crippen LogP) is 3.69. The predicted molar refractivity (Wildman–Crippen MR) is 99.6 cm³/mol. The van der Waals surface area contributed by atoms with Crippen molar-refractivity contribution in [1.29, 1.82) is 0 Å². The summed E-state index contributed by atoms with van der Waals surface area (Å²) in [5.41, 5.74) is 3.27. The van der Waals surface area contributed by atoms with Gasteiger partial charge in [0.15, 0.2) is 12.3 Å². The zero-order chi connectivity index (χ0) is 18.7. The van der Waals surface area contributed by atoms with Crippen molar-refractivity contribution < 1.29 is 14.3 Å². The number of rotatable bonds is 5. The molecule has 26 heavy (non-hydrogen) atoms. The van der Waals surface area contributed by atoms with Gasteiger partial charge in [0.25, 0.3) is 0 Å². The second kappa shape index (κ2) is 7.61. The van der Waals surface area contributed by atoms with E-state index >= 15 is 0 Å². The molecule has 3 rings (SSSR count). The van der Waals surface area contributed by atoms with Gasteiger partial charge in [0, 0.05) is 39.5 Å². The molecule has 6 nitrogen and oxygen atoms in total. The van der Waals surface area contributed by atoms with Gasteiger partial charge < -0.3 is 9.30 Å². The van der Waals surface area contributed by atoms with Gasteiger partial charge in [0.05, 0.1) is 6.20 Å². The van der Waals surface area contributed by atoms with Crippen LogP contribution >= 0.6 is 15.9 Å². The monoisotopic (exact) mass is 413 g/mol. The second-order valence-electron chi connectivity index (χ2n) is 5.69. The number of aromatic nitrogens is 3. The third-order valence-electron chi connectivity index (χ3n) is 3.92. The Kier molecular flexibility index (Phi) is 5.27. The molecule has 0 atom stereocenters. The van der Waals surface area contributed by atoms with Crippen molar-refractivity contribution in [1.82, 2.24) is 14.5 Å². The van der Waals surface area contributed by atoms with Gasteiger partial charge in [-0.2, -0.15) is 0 Å². The van der Waals surface area contributed by atoms with Crippen LogP contribution in [0.3, 0.4) is 0 Å². The average molecular weight is 414 g/mol. The Bertz CT molecular complexity index is 950. The second-order valence-corrected chi connectivity index (χ2v) is 6.60. The summed E-state index contributed by atoms with van der Waals surface area (Å²) in [5.74, 6) is -0.938. The molecule has 2 aromatic heterocycles. The highest BCUT2D eigenvalue weighted by Crippen LogP contribution is 2.22. The molecule has 2 heterocycles. The van der Waals surface area contributed by atoms with E-state index < -0.39 is 5.97 Å². The van der Waals surface area contributed by atoms with E-state index in [2.05, 4.69) is 25.9 Å². The van der Waals surface area contributed by atoms with Crippen LogP contribution in [0, 0.1) is 13.8 Å². The van der Waals surface area contributed by atoms with Crippen LogP contribution in [0.25, 0.3) is 5.69 Å². The molecule has 0 amide bonds. The van der Waals surface area contributed by atoms with Crippen LogP contribution in [0.15, 0.2) is 53.4 Å². The van der Waals surface area contributed by atoms with Crippen LogP contribution in [0.2, 0.25) is 0 Å². The van der Waals surface area contributed by atoms with E-state index in [1.165, 1.54) is 18.6 Å². The highest BCUT2D eigenvalue weighted by atomic mass is 79.9. The van der Waals surface area contributed by atoms with E-state index in [1.54, 1.807) is 6.07 Å². The quantitative estimate of drug-likeness (QED) is 0.470. The van der Waals surface area contributed by atoms with Crippen molar-refractivity contribution in [2.24, 2.45) is 0 Å². The lowest BCUT2D eigenvalue weighted by atomic mass is 10.1. The van der Waals surface area contributed by atoms with Crippen LogP contribution < -0.4 is 0 Å². The van der Waals surface area contributed by atoms with E-state index in [-0.39, 0.29) is 18.1 Å². The summed E-state index contributed by atoms with van der Waals surface area (Å²) in [5, 5.41) is 0. The number of nitrogens with zero attached hydrogens (tertiary/aromatic N) is 3. The van der Waals surface area contributed by atoms with E-state index in [0.717, 1.165) is 21.5 Å². The average Bonchev–Trinajstić information content (AvgIpc) is 2.95. The van der Waals surface area contributed by atoms with E-state index in [9.17, 15) is 9.59 Å². The molecule has 0 spiro atoms. The van der Waals surface area contributed by atoms with Gasteiger partial charge in [-0.1, -0.05) is 15.9 Å². The summed E-state index contributed by atoms with van der Waals surface area (Å²) in [6, 6.07) is 9.62. The molecular formula is C19H16BrN3O3. The lowest BCUT2D eigenvalue weighted by molar-refractivity contribution is 0.0468. The Morgan fingerprint density at radius 1 is 1.15 bits per heavy atom. The normalized spacial score (nSPS) is 10.6. The first-order valence-corrected chi connectivity index (χ1v) is 8.68. The number of esters is 1. The number of carbonyl (C=O) groups is 2. The summed E-state index contributed by atoms with van der Waals surface area (Å²) < 4.78 is 8.04. The van der Waals surface area contributed by atoms with Crippen LogP contribution in [0.1, 0.15) is 32.2 Å². The molecule has 1 aromatic carbocycles. The number of hydrogen-bond acceptors (Lipinski definition) is 5. The number of aryl methyl sites for hydroxylation is 1. The molecule has 7 heteroatoms. The minimum absolute atomic E-state index is 0.0700. The van der Waals surface area contributed by atoms with E-state index in [0.29, 0.717) is 5.56 Å². The smallest absolute Gasteiger partial charge is 0.358 e. The summed E-state index contributed by atoms with van der Waals surface area (Å²) >= 11 is 3.42. The van der Waals surface area contributed by atoms with Gasteiger partial charge >= 0.3 is 5.97 Å². The molecule has 0 aliphatic heterocycles. The number of carbonyl (C=O) groups excluding carboxylic acids is 2. The van der Waals surface area contributed by atoms with Gasteiger partial charge in [-0.15, -0.1) is 0 Å². The Hall–Kier alpha value is -2.80. The first kappa shape index (κ1) is 18.0. The summed E-state index contributed by atoms with van der Waals surface area (Å²) in [7, 11) is 0.